The Kier molecular flexibility index (Phi) is 5.54. The highest BCUT2D eigenvalue weighted by Crippen LogP contribution is 2.25. The zero-order chi connectivity index (χ0) is 18.6. The van der Waals surface area contributed by atoms with Gasteiger partial charge in [0.25, 0.3) is 0 Å². The maximum atomic E-state index is 12.5. The molecule has 0 aliphatic heterocycles. The van der Waals surface area contributed by atoms with Crippen LogP contribution in [0, 0.1) is 6.92 Å². The topological polar surface area (TPSA) is 89.9 Å². The zero-order valence-electron chi connectivity index (χ0n) is 14.2. The number of methoxy groups -OCH3 is 2. The third-order valence-electron chi connectivity index (χ3n) is 3.69. The number of aromatic hydroxyl groups is 1. The van der Waals surface area contributed by atoms with Crippen LogP contribution in [0.15, 0.2) is 36.4 Å². The van der Waals surface area contributed by atoms with Crippen LogP contribution < -0.4 is 4.74 Å². The largest absolute Gasteiger partial charge is 0.507 e. The quantitative estimate of drug-likeness (QED) is 0.493. The summed E-state index contributed by atoms with van der Waals surface area (Å²) in [7, 11) is 2.65. The number of hydrogen-bond acceptors (Lipinski definition) is 6. The number of phenolic OH excluding ortho intramolecular Hbond substituents is 1. The van der Waals surface area contributed by atoms with Gasteiger partial charge in [-0.1, -0.05) is 11.6 Å². The molecule has 0 unspecified atom stereocenters. The summed E-state index contributed by atoms with van der Waals surface area (Å²) in [6, 6.07) is 8.86. The van der Waals surface area contributed by atoms with Crippen LogP contribution in [0.3, 0.4) is 0 Å². The third kappa shape index (κ3) is 4.03. The Morgan fingerprint density at radius 2 is 1.64 bits per heavy atom. The fourth-order valence-corrected chi connectivity index (χ4v) is 2.38. The summed E-state index contributed by atoms with van der Waals surface area (Å²) in [5.41, 5.74) is 1.15. The number of aryl methyl sites for hydroxylation is 1. The van der Waals surface area contributed by atoms with Gasteiger partial charge in [-0.05, 0) is 37.3 Å². The third-order valence-corrected chi connectivity index (χ3v) is 3.69. The Morgan fingerprint density at radius 3 is 2.28 bits per heavy atom. The molecule has 0 heterocycles. The van der Waals surface area contributed by atoms with Crippen molar-refractivity contribution in [3.8, 4) is 11.5 Å². The SMILES string of the molecule is COC(=O)c1ccc(O)c(C(=O)CC(=O)c2cc(C)ccc2OC)c1. The number of carbonyl (C=O) groups is 3. The van der Waals surface area contributed by atoms with Gasteiger partial charge in [-0.2, -0.15) is 0 Å². The molecule has 0 aromatic heterocycles. The second-order valence-corrected chi connectivity index (χ2v) is 5.45. The fraction of sp³-hybridized carbons (Fsp3) is 0.211. The Hall–Kier alpha value is -3.15. The van der Waals surface area contributed by atoms with Crippen molar-refractivity contribution in [1.82, 2.24) is 0 Å². The number of ether oxygens (including phenoxy) is 2. The van der Waals surface area contributed by atoms with Crippen LogP contribution in [0.4, 0.5) is 0 Å². The summed E-state index contributed by atoms with van der Waals surface area (Å²) in [6.07, 6.45) is -0.460. The van der Waals surface area contributed by atoms with Crippen molar-refractivity contribution < 1.29 is 29.0 Å². The Morgan fingerprint density at radius 1 is 0.960 bits per heavy atom. The minimum Gasteiger partial charge on any atom is -0.507 e. The summed E-state index contributed by atoms with van der Waals surface area (Å²) in [5, 5.41) is 9.88. The minimum atomic E-state index is -0.638. The average molecular weight is 342 g/mol. The van der Waals surface area contributed by atoms with Gasteiger partial charge in [0.1, 0.15) is 11.5 Å². The van der Waals surface area contributed by atoms with Crippen LogP contribution in [0.25, 0.3) is 0 Å². The van der Waals surface area contributed by atoms with Gasteiger partial charge in [-0.25, -0.2) is 4.79 Å². The van der Waals surface area contributed by atoms with Gasteiger partial charge in [-0.3, -0.25) is 9.59 Å². The lowest BCUT2D eigenvalue weighted by Crippen LogP contribution is -2.11. The van der Waals surface area contributed by atoms with Crippen LogP contribution in [-0.2, 0) is 4.74 Å². The minimum absolute atomic E-state index is 0.108. The molecule has 0 amide bonds. The number of Topliss-reactive ketones (excluding diaryl/α,β-unsaturated/α-hetero) is 2. The first kappa shape index (κ1) is 18.2. The number of esters is 1. The van der Waals surface area contributed by atoms with Crippen molar-refractivity contribution in [2.75, 3.05) is 14.2 Å². The maximum Gasteiger partial charge on any atom is 0.337 e. The predicted molar refractivity (Wildman–Crippen MR) is 90.5 cm³/mol. The molecule has 6 heteroatoms. The molecule has 0 bridgehead atoms. The second kappa shape index (κ2) is 7.61. The monoisotopic (exact) mass is 342 g/mol. The summed E-state index contributed by atoms with van der Waals surface area (Å²) in [4.78, 5) is 36.5. The van der Waals surface area contributed by atoms with Crippen molar-refractivity contribution in [3.05, 3.63) is 58.7 Å². The molecule has 1 N–H and O–H groups in total. The lowest BCUT2D eigenvalue weighted by molar-refractivity contribution is 0.0600. The summed E-state index contributed by atoms with van der Waals surface area (Å²) in [5.74, 6) is -1.61. The van der Waals surface area contributed by atoms with Crippen LogP contribution >= 0.6 is 0 Å². The fourth-order valence-electron chi connectivity index (χ4n) is 2.38. The number of benzene rings is 2. The highest BCUT2D eigenvalue weighted by atomic mass is 16.5. The van der Waals surface area contributed by atoms with Gasteiger partial charge in [0, 0.05) is 0 Å². The van der Waals surface area contributed by atoms with E-state index in [9.17, 15) is 19.5 Å². The van der Waals surface area contributed by atoms with Crippen LogP contribution in [0.2, 0.25) is 0 Å². The standard InChI is InChI=1S/C19H18O6/c1-11-4-7-18(24-2)14(8-11)17(22)10-16(21)13-9-12(19(23)25-3)5-6-15(13)20/h4-9,20H,10H2,1-3H3. The molecule has 2 rings (SSSR count). The average Bonchev–Trinajstić information content (AvgIpc) is 2.61. The summed E-state index contributed by atoms with van der Waals surface area (Å²) in [6.45, 7) is 1.82. The lowest BCUT2D eigenvalue weighted by Gasteiger charge is -2.09. The van der Waals surface area contributed by atoms with Gasteiger partial charge in [0.2, 0.25) is 0 Å². The second-order valence-electron chi connectivity index (χ2n) is 5.45. The van der Waals surface area contributed by atoms with Crippen molar-refractivity contribution in [2.45, 2.75) is 13.3 Å². The molecule has 25 heavy (non-hydrogen) atoms. The van der Waals surface area contributed by atoms with Crippen LogP contribution in [0.5, 0.6) is 11.5 Å². The Balaban J connectivity index is 2.29. The van der Waals surface area contributed by atoms with E-state index in [1.165, 1.54) is 32.4 Å². The van der Waals surface area contributed by atoms with E-state index < -0.39 is 24.0 Å². The number of hydrogen-bond donors (Lipinski definition) is 1. The number of ketones is 2. The van der Waals surface area contributed by atoms with E-state index >= 15 is 0 Å². The van der Waals surface area contributed by atoms with E-state index in [1.54, 1.807) is 18.2 Å². The maximum absolute atomic E-state index is 12.5. The van der Waals surface area contributed by atoms with E-state index in [0.717, 1.165) is 5.56 Å². The van der Waals surface area contributed by atoms with Crippen molar-refractivity contribution in [2.24, 2.45) is 0 Å². The smallest absolute Gasteiger partial charge is 0.337 e. The Labute approximate surface area is 145 Å². The molecule has 0 fully saturated rings. The molecule has 0 radical (unpaired) electrons. The highest BCUT2D eigenvalue weighted by Gasteiger charge is 2.21. The van der Waals surface area contributed by atoms with Crippen LogP contribution in [0.1, 0.15) is 43.1 Å². The van der Waals surface area contributed by atoms with E-state index in [2.05, 4.69) is 4.74 Å². The highest BCUT2D eigenvalue weighted by molar-refractivity contribution is 6.15. The summed E-state index contributed by atoms with van der Waals surface area (Å²) < 4.78 is 9.74. The van der Waals surface area contributed by atoms with Crippen molar-refractivity contribution in [1.29, 1.82) is 0 Å². The van der Waals surface area contributed by atoms with Gasteiger partial charge in [0.15, 0.2) is 11.6 Å². The van der Waals surface area contributed by atoms with Crippen molar-refractivity contribution in [3.63, 3.8) is 0 Å². The molecule has 2 aromatic carbocycles. The van der Waals surface area contributed by atoms with Gasteiger partial charge in [-0.15, -0.1) is 0 Å². The first-order chi connectivity index (χ1) is 11.9. The van der Waals surface area contributed by atoms with Gasteiger partial charge < -0.3 is 14.6 Å². The first-order valence-electron chi connectivity index (χ1n) is 7.49. The van der Waals surface area contributed by atoms with E-state index in [4.69, 9.17) is 4.74 Å². The molecule has 130 valence electrons. The molecule has 0 atom stereocenters. The molecule has 0 saturated carbocycles. The molecule has 0 aliphatic carbocycles. The van der Waals surface area contributed by atoms with Gasteiger partial charge >= 0.3 is 5.97 Å². The number of phenols is 1. The molecular weight excluding hydrogens is 324 g/mol. The van der Waals surface area contributed by atoms with Gasteiger partial charge in [0.05, 0.1) is 37.3 Å². The van der Waals surface area contributed by atoms with Crippen LogP contribution in [-0.4, -0.2) is 36.9 Å². The molecule has 0 aliphatic rings. The van der Waals surface area contributed by atoms with E-state index in [1.807, 2.05) is 6.92 Å². The normalized spacial score (nSPS) is 10.2. The van der Waals surface area contributed by atoms with Crippen molar-refractivity contribution >= 4 is 17.5 Å². The number of rotatable bonds is 6. The molecule has 6 nitrogen and oxygen atoms in total. The Bertz CT molecular complexity index is 838. The molecule has 0 saturated heterocycles. The van der Waals surface area contributed by atoms with E-state index in [0.29, 0.717) is 11.3 Å². The number of carbonyl (C=O) groups excluding carboxylic acids is 3. The lowest BCUT2D eigenvalue weighted by atomic mass is 9.98. The van der Waals surface area contributed by atoms with E-state index in [-0.39, 0.29) is 16.9 Å². The molecule has 2 aromatic rings. The molecule has 0 spiro atoms. The zero-order valence-corrected chi connectivity index (χ0v) is 14.2. The summed E-state index contributed by atoms with van der Waals surface area (Å²) >= 11 is 0. The molecular formula is C19H18O6. The predicted octanol–water partition coefficient (Wildman–Crippen LogP) is 2.95. The first-order valence-corrected chi connectivity index (χ1v) is 7.49.